The quantitative estimate of drug-likeness (QED) is 0.778. The minimum Gasteiger partial charge on any atom is -0.363 e. The van der Waals surface area contributed by atoms with Crippen LogP contribution in [-0.4, -0.2) is 72.7 Å². The molecule has 2 aliphatic rings. The van der Waals surface area contributed by atoms with Gasteiger partial charge in [-0.15, -0.1) is 0 Å². The molecule has 2 aromatic rings. The Morgan fingerprint density at radius 3 is 2.52 bits per heavy atom. The molecule has 1 N–H and O–H groups in total. The van der Waals surface area contributed by atoms with Gasteiger partial charge in [0.1, 0.15) is 11.6 Å². The first-order chi connectivity index (χ1) is 14.1. The van der Waals surface area contributed by atoms with Crippen LogP contribution >= 0.6 is 11.8 Å². The molecule has 2 aliphatic heterocycles. The SMILES string of the molecule is Cc1ccc(Nc2cc(N(C)C)nc(N3CCN(CC4CCCS4)CC3)n2)cc1. The highest BCUT2D eigenvalue weighted by Gasteiger charge is 2.24. The van der Waals surface area contributed by atoms with Crippen LogP contribution < -0.4 is 15.1 Å². The fourth-order valence-corrected chi connectivity index (χ4v) is 5.16. The molecule has 29 heavy (non-hydrogen) atoms. The number of thioether (sulfide) groups is 1. The summed E-state index contributed by atoms with van der Waals surface area (Å²) in [5.41, 5.74) is 2.30. The van der Waals surface area contributed by atoms with Crippen LogP contribution in [0.15, 0.2) is 30.3 Å². The van der Waals surface area contributed by atoms with Gasteiger partial charge in [0.25, 0.3) is 0 Å². The summed E-state index contributed by atoms with van der Waals surface area (Å²) in [7, 11) is 4.05. The number of benzene rings is 1. The van der Waals surface area contributed by atoms with Crippen molar-refractivity contribution in [2.45, 2.75) is 25.0 Å². The first-order valence-electron chi connectivity index (χ1n) is 10.6. The lowest BCUT2D eigenvalue weighted by Gasteiger charge is -2.36. The zero-order chi connectivity index (χ0) is 20.2. The number of hydrogen-bond acceptors (Lipinski definition) is 7. The van der Waals surface area contributed by atoms with Crippen molar-refractivity contribution in [3.8, 4) is 0 Å². The molecular weight excluding hydrogens is 380 g/mol. The topological polar surface area (TPSA) is 47.5 Å². The minimum atomic E-state index is 0.820. The second kappa shape index (κ2) is 9.22. The smallest absolute Gasteiger partial charge is 0.229 e. The zero-order valence-electron chi connectivity index (χ0n) is 17.8. The molecule has 1 aromatic heterocycles. The highest BCUT2D eigenvalue weighted by Crippen LogP contribution is 2.28. The van der Waals surface area contributed by atoms with Crippen LogP contribution in [0.1, 0.15) is 18.4 Å². The predicted molar refractivity (Wildman–Crippen MR) is 125 cm³/mol. The standard InChI is InChI=1S/C22H32N6S/c1-17-6-8-18(9-7-17)23-20-15-21(26(2)3)25-22(24-20)28-12-10-27(11-13-28)16-19-5-4-14-29-19/h6-9,15,19H,4-5,10-14,16H2,1-3H3,(H,23,24,25). The van der Waals surface area contributed by atoms with E-state index in [-0.39, 0.29) is 0 Å². The lowest BCUT2D eigenvalue weighted by atomic mass is 10.2. The molecule has 4 rings (SSSR count). The van der Waals surface area contributed by atoms with Gasteiger partial charge in [0.15, 0.2) is 0 Å². The van der Waals surface area contributed by atoms with Gasteiger partial charge in [-0.3, -0.25) is 4.90 Å². The van der Waals surface area contributed by atoms with Crippen molar-refractivity contribution in [1.82, 2.24) is 14.9 Å². The lowest BCUT2D eigenvalue weighted by Crippen LogP contribution is -2.48. The second-order valence-corrected chi connectivity index (χ2v) is 9.63. The number of rotatable bonds is 6. The van der Waals surface area contributed by atoms with Gasteiger partial charge >= 0.3 is 0 Å². The summed E-state index contributed by atoms with van der Waals surface area (Å²) in [6.07, 6.45) is 2.77. The van der Waals surface area contributed by atoms with E-state index in [0.717, 1.165) is 54.7 Å². The van der Waals surface area contributed by atoms with Gasteiger partial charge in [-0.05, 0) is 37.7 Å². The normalized spacial score (nSPS) is 20.1. The van der Waals surface area contributed by atoms with Crippen molar-refractivity contribution >= 4 is 35.0 Å². The predicted octanol–water partition coefficient (Wildman–Crippen LogP) is 3.61. The molecular formula is C22H32N6S. The monoisotopic (exact) mass is 412 g/mol. The maximum absolute atomic E-state index is 4.84. The highest BCUT2D eigenvalue weighted by atomic mass is 32.2. The average molecular weight is 413 g/mol. The molecule has 7 heteroatoms. The van der Waals surface area contributed by atoms with Crippen LogP contribution in [0, 0.1) is 6.92 Å². The van der Waals surface area contributed by atoms with Gasteiger partial charge in [-0.25, -0.2) is 0 Å². The molecule has 1 atom stereocenters. The van der Waals surface area contributed by atoms with E-state index in [1.807, 2.05) is 25.1 Å². The number of aromatic nitrogens is 2. The van der Waals surface area contributed by atoms with Gasteiger partial charge in [0.2, 0.25) is 5.95 Å². The van der Waals surface area contributed by atoms with Crippen LogP contribution in [0.5, 0.6) is 0 Å². The van der Waals surface area contributed by atoms with E-state index in [9.17, 15) is 0 Å². The van der Waals surface area contributed by atoms with Crippen LogP contribution in [0.25, 0.3) is 0 Å². The van der Waals surface area contributed by atoms with E-state index in [2.05, 4.69) is 58.1 Å². The molecule has 2 fully saturated rings. The van der Waals surface area contributed by atoms with Crippen molar-refractivity contribution in [2.75, 3.05) is 67.7 Å². The van der Waals surface area contributed by atoms with E-state index >= 15 is 0 Å². The maximum atomic E-state index is 4.84. The Balaban J connectivity index is 1.45. The number of anilines is 4. The van der Waals surface area contributed by atoms with Gasteiger partial charge in [0.05, 0.1) is 0 Å². The number of piperazine rings is 1. The molecule has 0 aliphatic carbocycles. The van der Waals surface area contributed by atoms with E-state index in [1.165, 1.54) is 30.7 Å². The molecule has 2 saturated heterocycles. The molecule has 0 saturated carbocycles. The first-order valence-corrected chi connectivity index (χ1v) is 11.6. The van der Waals surface area contributed by atoms with Gasteiger partial charge in [0, 0.05) is 63.8 Å². The maximum Gasteiger partial charge on any atom is 0.229 e. The fourth-order valence-electron chi connectivity index (χ4n) is 3.85. The third-order valence-electron chi connectivity index (χ3n) is 5.62. The Morgan fingerprint density at radius 2 is 1.86 bits per heavy atom. The summed E-state index contributed by atoms with van der Waals surface area (Å²) in [5, 5.41) is 4.28. The van der Waals surface area contributed by atoms with E-state index in [1.54, 1.807) is 0 Å². The van der Waals surface area contributed by atoms with E-state index in [4.69, 9.17) is 9.97 Å². The van der Waals surface area contributed by atoms with Crippen LogP contribution in [0.4, 0.5) is 23.3 Å². The van der Waals surface area contributed by atoms with Gasteiger partial charge in [-0.1, -0.05) is 17.7 Å². The lowest BCUT2D eigenvalue weighted by molar-refractivity contribution is 0.256. The Morgan fingerprint density at radius 1 is 1.10 bits per heavy atom. The molecule has 0 bridgehead atoms. The van der Waals surface area contributed by atoms with Crippen molar-refractivity contribution in [3.05, 3.63) is 35.9 Å². The highest BCUT2D eigenvalue weighted by molar-refractivity contribution is 8.00. The Bertz CT molecular complexity index is 795. The molecule has 0 radical (unpaired) electrons. The van der Waals surface area contributed by atoms with E-state index < -0.39 is 0 Å². The molecule has 156 valence electrons. The van der Waals surface area contributed by atoms with Crippen molar-refractivity contribution < 1.29 is 0 Å². The molecule has 1 aromatic carbocycles. The van der Waals surface area contributed by atoms with Crippen LogP contribution in [0.3, 0.4) is 0 Å². The Hall–Kier alpha value is -1.99. The molecule has 1 unspecified atom stereocenters. The Kier molecular flexibility index (Phi) is 6.45. The molecule has 0 spiro atoms. The fraction of sp³-hybridized carbons (Fsp3) is 0.545. The minimum absolute atomic E-state index is 0.820. The Labute approximate surface area is 178 Å². The van der Waals surface area contributed by atoms with Crippen molar-refractivity contribution in [2.24, 2.45) is 0 Å². The second-order valence-electron chi connectivity index (χ2n) is 8.22. The van der Waals surface area contributed by atoms with E-state index in [0.29, 0.717) is 0 Å². The summed E-state index contributed by atoms with van der Waals surface area (Å²) >= 11 is 2.15. The molecule has 3 heterocycles. The van der Waals surface area contributed by atoms with Gasteiger partial charge < -0.3 is 15.1 Å². The third kappa shape index (κ3) is 5.34. The number of aryl methyl sites for hydroxylation is 1. The first kappa shape index (κ1) is 20.3. The largest absolute Gasteiger partial charge is 0.363 e. The van der Waals surface area contributed by atoms with Crippen molar-refractivity contribution in [3.63, 3.8) is 0 Å². The van der Waals surface area contributed by atoms with Crippen molar-refractivity contribution in [1.29, 1.82) is 0 Å². The summed E-state index contributed by atoms with van der Waals surface area (Å²) in [5.74, 6) is 3.93. The zero-order valence-corrected chi connectivity index (χ0v) is 18.6. The third-order valence-corrected chi connectivity index (χ3v) is 7.00. The summed E-state index contributed by atoms with van der Waals surface area (Å²) in [4.78, 5) is 16.6. The molecule has 6 nitrogen and oxygen atoms in total. The van der Waals surface area contributed by atoms with Gasteiger partial charge in [-0.2, -0.15) is 21.7 Å². The molecule has 0 amide bonds. The number of nitrogens with zero attached hydrogens (tertiary/aromatic N) is 5. The number of nitrogens with one attached hydrogen (secondary N) is 1. The summed E-state index contributed by atoms with van der Waals surface area (Å²) in [6, 6.07) is 10.4. The van der Waals surface area contributed by atoms with Crippen LogP contribution in [0.2, 0.25) is 0 Å². The average Bonchev–Trinajstić information content (AvgIpc) is 3.23. The number of hydrogen-bond donors (Lipinski definition) is 1. The summed E-state index contributed by atoms with van der Waals surface area (Å²) < 4.78 is 0. The van der Waals surface area contributed by atoms with Crippen LogP contribution in [-0.2, 0) is 0 Å². The summed E-state index contributed by atoms with van der Waals surface area (Å²) in [6.45, 7) is 7.48.